The zero-order valence-electron chi connectivity index (χ0n) is 20.0. The summed E-state index contributed by atoms with van der Waals surface area (Å²) in [5.41, 5.74) is -1.47. The summed E-state index contributed by atoms with van der Waals surface area (Å²) in [5, 5.41) is 2.51. The molecule has 0 bridgehead atoms. The van der Waals surface area contributed by atoms with Gasteiger partial charge in [0.2, 0.25) is 12.7 Å². The van der Waals surface area contributed by atoms with Crippen LogP contribution in [0.3, 0.4) is 0 Å². The number of rotatable bonds is 11. The van der Waals surface area contributed by atoms with E-state index in [4.69, 9.17) is 23.0 Å². The van der Waals surface area contributed by atoms with Gasteiger partial charge in [0.05, 0.1) is 32.2 Å². The molecule has 12 nitrogen and oxygen atoms in total. The Morgan fingerprint density at radius 3 is 2.36 bits per heavy atom. The first-order valence-corrected chi connectivity index (χ1v) is 11.9. The van der Waals surface area contributed by atoms with Gasteiger partial charge in [-0.05, 0) is 27.2 Å². The number of amides is 1. The molecule has 1 heterocycles. The van der Waals surface area contributed by atoms with E-state index in [0.717, 1.165) is 0 Å². The summed E-state index contributed by atoms with van der Waals surface area (Å²) in [4.78, 5) is 47.1. The van der Waals surface area contributed by atoms with E-state index in [0.29, 0.717) is 0 Å². The van der Waals surface area contributed by atoms with Gasteiger partial charge in [0.15, 0.2) is 6.10 Å². The van der Waals surface area contributed by atoms with Gasteiger partial charge in [-0.1, -0.05) is 13.8 Å². The zero-order chi connectivity index (χ0) is 25.3. The van der Waals surface area contributed by atoms with Crippen LogP contribution in [0.25, 0.3) is 0 Å². The van der Waals surface area contributed by atoms with Gasteiger partial charge in [-0.25, -0.2) is 9.09 Å². The first-order chi connectivity index (χ1) is 15.2. The van der Waals surface area contributed by atoms with E-state index in [1.54, 1.807) is 34.6 Å². The molecule has 1 aliphatic rings. The highest BCUT2D eigenvalue weighted by atomic mass is 31.2. The fraction of sp³-hybridized carbons (Fsp3) is 0.800. The summed E-state index contributed by atoms with van der Waals surface area (Å²) < 4.78 is 42.6. The summed E-state index contributed by atoms with van der Waals surface area (Å²) in [7, 11) is -2.95. The molecule has 33 heavy (non-hydrogen) atoms. The molecule has 13 heteroatoms. The third-order valence-corrected chi connectivity index (χ3v) is 5.77. The third-order valence-electron chi connectivity index (χ3n) is 4.43. The van der Waals surface area contributed by atoms with Crippen molar-refractivity contribution in [2.75, 3.05) is 33.7 Å². The van der Waals surface area contributed by atoms with Gasteiger partial charge in [0.25, 0.3) is 0 Å². The van der Waals surface area contributed by atoms with Gasteiger partial charge in [0.1, 0.15) is 0 Å². The van der Waals surface area contributed by atoms with Gasteiger partial charge < -0.3 is 19.5 Å². The molecule has 0 saturated carbocycles. The van der Waals surface area contributed by atoms with Gasteiger partial charge >= 0.3 is 25.7 Å². The fourth-order valence-electron chi connectivity index (χ4n) is 2.40. The molecule has 0 aromatic heterocycles. The zero-order valence-corrected chi connectivity index (χ0v) is 20.9. The maximum atomic E-state index is 12.7. The quantitative estimate of drug-likeness (QED) is 0.147. The molecule has 1 unspecified atom stereocenters. The van der Waals surface area contributed by atoms with Crippen LogP contribution >= 0.6 is 7.82 Å². The second kappa shape index (κ2) is 12.5. The van der Waals surface area contributed by atoms with Crippen molar-refractivity contribution in [2.45, 2.75) is 60.0 Å². The lowest BCUT2D eigenvalue weighted by molar-refractivity contribution is -0.158. The lowest BCUT2D eigenvalue weighted by Crippen LogP contribution is -2.50. The predicted molar refractivity (Wildman–Crippen MR) is 114 cm³/mol. The number of phosphoric ester groups is 1. The second-order valence-corrected chi connectivity index (χ2v) is 10.7. The molecule has 0 spiro atoms. The van der Waals surface area contributed by atoms with E-state index in [-0.39, 0.29) is 45.0 Å². The molecular weight excluding hydrogens is 461 g/mol. The van der Waals surface area contributed by atoms with Crippen molar-refractivity contribution in [1.82, 2.24) is 5.32 Å². The SMILES string of the molecule is COC(=O)CCNC(=O)[C@@H]1OP(=O)(OCOC(=O)CCCOC(=O)C(C)(C)C)OCC1(C)C. The van der Waals surface area contributed by atoms with E-state index >= 15 is 0 Å². The Kier molecular flexibility index (Phi) is 11.0. The van der Waals surface area contributed by atoms with Crippen LogP contribution in [0.4, 0.5) is 0 Å². The highest BCUT2D eigenvalue weighted by Gasteiger charge is 2.49. The Hall–Kier alpha value is -2.01. The smallest absolute Gasteiger partial charge is 0.469 e. The van der Waals surface area contributed by atoms with Crippen molar-refractivity contribution in [3.05, 3.63) is 0 Å². The summed E-state index contributed by atoms with van der Waals surface area (Å²) in [6.07, 6.45) is -1.04. The second-order valence-electron chi connectivity index (χ2n) is 9.06. The normalized spacial score (nSPS) is 22.2. The Morgan fingerprint density at radius 2 is 1.76 bits per heavy atom. The number of nitrogens with one attached hydrogen (secondary N) is 1. The Labute approximate surface area is 193 Å². The number of hydrogen-bond acceptors (Lipinski definition) is 11. The number of carbonyl (C=O) groups is 4. The molecule has 0 radical (unpaired) electrons. The van der Waals surface area contributed by atoms with E-state index in [9.17, 15) is 23.7 Å². The minimum Gasteiger partial charge on any atom is -0.469 e. The van der Waals surface area contributed by atoms with E-state index in [2.05, 4.69) is 10.1 Å². The van der Waals surface area contributed by atoms with Crippen LogP contribution in [0.15, 0.2) is 0 Å². The molecule has 1 saturated heterocycles. The monoisotopic (exact) mass is 495 g/mol. The number of ether oxygens (including phenoxy) is 3. The molecular formula is C20H34NO11P. The number of esters is 3. The highest BCUT2D eigenvalue weighted by molar-refractivity contribution is 7.48. The molecule has 0 aromatic carbocycles. The molecule has 2 atom stereocenters. The molecule has 1 fully saturated rings. The minimum atomic E-state index is -4.18. The van der Waals surface area contributed by atoms with Crippen molar-refractivity contribution < 1.29 is 51.5 Å². The first-order valence-electron chi connectivity index (χ1n) is 10.4. The minimum absolute atomic E-state index is 0.0101. The van der Waals surface area contributed by atoms with Gasteiger partial charge in [-0.15, -0.1) is 0 Å². The predicted octanol–water partition coefficient (Wildman–Crippen LogP) is 2.10. The van der Waals surface area contributed by atoms with Crippen molar-refractivity contribution >= 4 is 31.6 Å². The van der Waals surface area contributed by atoms with Crippen LogP contribution < -0.4 is 5.32 Å². The van der Waals surface area contributed by atoms with Crippen LogP contribution in [-0.4, -0.2) is 63.6 Å². The largest absolute Gasteiger partial charge is 0.478 e. The number of carbonyl (C=O) groups excluding carboxylic acids is 4. The van der Waals surface area contributed by atoms with Gasteiger partial charge in [-0.3, -0.25) is 28.2 Å². The average Bonchev–Trinajstić information content (AvgIpc) is 2.72. The Balaban J connectivity index is 2.44. The molecule has 1 N–H and O–H groups in total. The molecule has 1 rings (SSSR count). The van der Waals surface area contributed by atoms with Crippen LogP contribution in [0.2, 0.25) is 0 Å². The van der Waals surface area contributed by atoms with E-state index in [1.807, 2.05) is 0 Å². The summed E-state index contributed by atoms with van der Waals surface area (Å²) in [5.74, 6) is -2.14. The van der Waals surface area contributed by atoms with Crippen LogP contribution in [-0.2, 0) is 51.5 Å². The summed E-state index contributed by atoms with van der Waals surface area (Å²) in [6, 6.07) is 0. The van der Waals surface area contributed by atoms with Gasteiger partial charge in [-0.2, -0.15) is 0 Å². The average molecular weight is 495 g/mol. The van der Waals surface area contributed by atoms with E-state index < -0.39 is 49.4 Å². The molecule has 190 valence electrons. The van der Waals surface area contributed by atoms with Crippen molar-refractivity contribution in [3.63, 3.8) is 0 Å². The lowest BCUT2D eigenvalue weighted by Gasteiger charge is -2.39. The molecule has 0 aliphatic carbocycles. The van der Waals surface area contributed by atoms with Crippen LogP contribution in [0.1, 0.15) is 53.9 Å². The molecule has 1 amide bonds. The Bertz CT molecular complexity index is 760. The topological polar surface area (TPSA) is 153 Å². The maximum Gasteiger partial charge on any atom is 0.478 e. The van der Waals surface area contributed by atoms with Crippen molar-refractivity contribution in [1.29, 1.82) is 0 Å². The number of methoxy groups -OCH3 is 1. The molecule has 0 aromatic rings. The standard InChI is InChI=1S/C20H34NO11P/c1-19(2,3)18(25)28-11-7-8-15(23)29-13-31-33(26)30-12-20(4,5)16(32-33)17(24)21-10-9-14(22)27-6/h16H,7-13H2,1-6H3,(H,21,24)/t16-,33?/m0/s1. The fourth-order valence-corrected chi connectivity index (χ4v) is 3.91. The number of hydrogen-bond donors (Lipinski definition) is 1. The van der Waals surface area contributed by atoms with Crippen LogP contribution in [0.5, 0.6) is 0 Å². The van der Waals surface area contributed by atoms with Gasteiger partial charge in [0, 0.05) is 18.4 Å². The maximum absolute atomic E-state index is 12.7. The van der Waals surface area contributed by atoms with Crippen molar-refractivity contribution in [3.8, 4) is 0 Å². The van der Waals surface area contributed by atoms with Crippen LogP contribution in [0, 0.1) is 10.8 Å². The van der Waals surface area contributed by atoms with Crippen molar-refractivity contribution in [2.24, 2.45) is 10.8 Å². The summed E-state index contributed by atoms with van der Waals surface area (Å²) in [6.45, 7) is 7.74. The lowest BCUT2D eigenvalue weighted by atomic mass is 9.87. The first kappa shape index (κ1) is 29.0. The highest BCUT2D eigenvalue weighted by Crippen LogP contribution is 2.57. The molecule has 1 aliphatic heterocycles. The van der Waals surface area contributed by atoms with E-state index in [1.165, 1.54) is 7.11 Å². The summed E-state index contributed by atoms with van der Waals surface area (Å²) >= 11 is 0. The third kappa shape index (κ3) is 10.2. The number of phosphoric acid groups is 1. The Morgan fingerprint density at radius 1 is 1.09 bits per heavy atom.